The molecule has 0 spiro atoms. The largest absolute Gasteiger partial charge is 0.449 e. The molecule has 1 aromatic carbocycles. The number of benzene rings is 1. The van der Waals surface area contributed by atoms with Gasteiger partial charge < -0.3 is 10.1 Å². The fraction of sp³-hybridized carbons (Fsp3) is 0.636. The van der Waals surface area contributed by atoms with Gasteiger partial charge in [0.15, 0.2) is 6.10 Å². The number of amides is 1. The van der Waals surface area contributed by atoms with Gasteiger partial charge in [0.2, 0.25) is 10.0 Å². The van der Waals surface area contributed by atoms with Crippen LogP contribution in [-0.2, 0) is 19.6 Å². The number of sulfonamides is 1. The summed E-state index contributed by atoms with van der Waals surface area (Å²) < 4.78 is 32.7. The van der Waals surface area contributed by atoms with Crippen LogP contribution in [0.4, 0.5) is 0 Å². The van der Waals surface area contributed by atoms with Crippen LogP contribution in [0.3, 0.4) is 0 Å². The Morgan fingerprint density at radius 3 is 2.20 bits per heavy atom. The van der Waals surface area contributed by atoms with Gasteiger partial charge in [-0.25, -0.2) is 13.2 Å². The van der Waals surface area contributed by atoms with Crippen molar-refractivity contribution in [3.05, 3.63) is 29.8 Å². The van der Waals surface area contributed by atoms with Crippen molar-refractivity contribution in [2.75, 3.05) is 13.1 Å². The average molecular weight is 437 g/mol. The highest BCUT2D eigenvalue weighted by molar-refractivity contribution is 7.89. The minimum Gasteiger partial charge on any atom is -0.449 e. The number of carbonyl (C=O) groups is 2. The number of ether oxygens (including phenoxy) is 1. The SMILES string of the molecule is C[C@@H]1C[C@H](C)CN(S(=O)(=O)c2ccc(C(=O)O[C@@H](C)C(=O)NC3CCCC3)cc2)C1. The summed E-state index contributed by atoms with van der Waals surface area (Å²) in [5.41, 5.74) is 0.217. The zero-order valence-corrected chi connectivity index (χ0v) is 18.8. The van der Waals surface area contributed by atoms with Crippen molar-refractivity contribution in [2.45, 2.75) is 69.9 Å². The molecule has 2 aliphatic rings. The fourth-order valence-electron chi connectivity index (χ4n) is 4.38. The lowest BCUT2D eigenvalue weighted by atomic mass is 9.94. The number of piperidine rings is 1. The molecule has 7 nitrogen and oxygen atoms in total. The first kappa shape index (κ1) is 22.7. The smallest absolute Gasteiger partial charge is 0.338 e. The number of nitrogens with one attached hydrogen (secondary N) is 1. The molecule has 3 atom stereocenters. The number of hydrogen-bond acceptors (Lipinski definition) is 5. The fourth-order valence-corrected chi connectivity index (χ4v) is 6.06. The maximum atomic E-state index is 12.9. The molecule has 166 valence electrons. The highest BCUT2D eigenvalue weighted by Gasteiger charge is 2.32. The summed E-state index contributed by atoms with van der Waals surface area (Å²) in [6.07, 6.45) is 4.22. The molecule has 30 heavy (non-hydrogen) atoms. The van der Waals surface area contributed by atoms with Crippen LogP contribution in [-0.4, -0.2) is 49.8 Å². The van der Waals surface area contributed by atoms with Crippen LogP contribution in [0.25, 0.3) is 0 Å². The van der Waals surface area contributed by atoms with Gasteiger partial charge in [-0.15, -0.1) is 0 Å². The van der Waals surface area contributed by atoms with Crippen molar-refractivity contribution >= 4 is 21.9 Å². The summed E-state index contributed by atoms with van der Waals surface area (Å²) in [6, 6.07) is 5.89. The maximum Gasteiger partial charge on any atom is 0.338 e. The minimum atomic E-state index is -3.60. The minimum absolute atomic E-state index is 0.156. The molecule has 0 bridgehead atoms. The molecular weight excluding hydrogens is 404 g/mol. The molecule has 0 unspecified atom stereocenters. The standard InChI is InChI=1S/C22H32N2O5S/c1-15-12-16(2)14-24(13-15)30(27,28)20-10-8-18(9-11-20)22(26)29-17(3)21(25)23-19-6-4-5-7-19/h8-11,15-17,19H,4-7,12-14H2,1-3H3,(H,23,25)/t15-,16+,17-/m0/s1. The van der Waals surface area contributed by atoms with Gasteiger partial charge in [-0.2, -0.15) is 4.31 Å². The van der Waals surface area contributed by atoms with Gasteiger partial charge in [0, 0.05) is 19.1 Å². The van der Waals surface area contributed by atoms with Gasteiger partial charge in [0.05, 0.1) is 10.5 Å². The third-order valence-corrected chi connectivity index (χ3v) is 7.76. The Labute approximate surface area is 179 Å². The van der Waals surface area contributed by atoms with Gasteiger partial charge in [-0.3, -0.25) is 4.79 Å². The summed E-state index contributed by atoms with van der Waals surface area (Å²) in [5, 5.41) is 2.91. The summed E-state index contributed by atoms with van der Waals surface area (Å²) in [6.45, 7) is 6.66. The number of nitrogens with zero attached hydrogens (tertiary/aromatic N) is 1. The Hall–Kier alpha value is -1.93. The van der Waals surface area contributed by atoms with E-state index in [0.29, 0.717) is 24.9 Å². The second-order valence-corrected chi connectivity index (χ2v) is 10.8. The molecule has 0 aromatic heterocycles. The van der Waals surface area contributed by atoms with Gasteiger partial charge in [0.25, 0.3) is 5.91 Å². The summed E-state index contributed by atoms with van der Waals surface area (Å²) >= 11 is 0. The van der Waals surface area contributed by atoms with E-state index < -0.39 is 22.1 Å². The zero-order valence-electron chi connectivity index (χ0n) is 18.0. The van der Waals surface area contributed by atoms with Gasteiger partial charge in [0.1, 0.15) is 0 Å². The van der Waals surface area contributed by atoms with E-state index >= 15 is 0 Å². The first-order valence-corrected chi connectivity index (χ1v) is 12.2. The Kier molecular flexibility index (Phi) is 7.18. The van der Waals surface area contributed by atoms with Crippen LogP contribution >= 0.6 is 0 Å². The Morgan fingerprint density at radius 2 is 1.63 bits per heavy atom. The lowest BCUT2D eigenvalue weighted by Crippen LogP contribution is -2.42. The lowest BCUT2D eigenvalue weighted by molar-refractivity contribution is -0.129. The van der Waals surface area contributed by atoms with Crippen LogP contribution in [0, 0.1) is 11.8 Å². The molecule has 1 aromatic rings. The third-order valence-electron chi connectivity index (χ3n) is 5.92. The second-order valence-electron chi connectivity index (χ2n) is 8.83. The second kappa shape index (κ2) is 9.47. The third kappa shape index (κ3) is 5.40. The van der Waals surface area contributed by atoms with Crippen LogP contribution < -0.4 is 5.32 Å². The quantitative estimate of drug-likeness (QED) is 0.692. The van der Waals surface area contributed by atoms with Crippen molar-refractivity contribution in [3.8, 4) is 0 Å². The van der Waals surface area contributed by atoms with E-state index in [9.17, 15) is 18.0 Å². The van der Waals surface area contributed by atoms with Gasteiger partial charge >= 0.3 is 5.97 Å². The summed E-state index contributed by atoms with van der Waals surface area (Å²) in [4.78, 5) is 24.7. The molecule has 0 radical (unpaired) electrons. The molecule has 8 heteroatoms. The van der Waals surface area contributed by atoms with Gasteiger partial charge in [-0.1, -0.05) is 26.7 Å². The van der Waals surface area contributed by atoms with E-state index in [1.807, 2.05) is 0 Å². The molecule has 1 N–H and O–H groups in total. The highest BCUT2D eigenvalue weighted by Crippen LogP contribution is 2.27. The number of hydrogen-bond donors (Lipinski definition) is 1. The van der Waals surface area contributed by atoms with Crippen LogP contribution in [0.1, 0.15) is 63.2 Å². The average Bonchev–Trinajstić information content (AvgIpc) is 3.20. The van der Waals surface area contributed by atoms with E-state index in [0.717, 1.165) is 32.1 Å². The lowest BCUT2D eigenvalue weighted by Gasteiger charge is -2.34. The van der Waals surface area contributed by atoms with Crippen molar-refractivity contribution < 1.29 is 22.7 Å². The molecule has 1 heterocycles. The van der Waals surface area contributed by atoms with E-state index in [1.54, 1.807) is 6.92 Å². The number of carbonyl (C=O) groups excluding carboxylic acids is 2. The molecule has 1 amide bonds. The van der Waals surface area contributed by atoms with Gasteiger partial charge in [-0.05, 0) is 62.3 Å². The van der Waals surface area contributed by atoms with Crippen LogP contribution in [0.5, 0.6) is 0 Å². The van der Waals surface area contributed by atoms with E-state index in [-0.39, 0.29) is 22.4 Å². The zero-order chi connectivity index (χ0) is 21.9. The maximum absolute atomic E-state index is 12.9. The van der Waals surface area contributed by atoms with E-state index in [4.69, 9.17) is 4.74 Å². The van der Waals surface area contributed by atoms with Crippen LogP contribution in [0.15, 0.2) is 29.2 Å². The molecule has 2 fully saturated rings. The monoisotopic (exact) mass is 436 g/mol. The summed E-state index contributed by atoms with van der Waals surface area (Å²) in [5.74, 6) is -0.319. The number of esters is 1. The normalized spacial score (nSPS) is 24.4. The summed E-state index contributed by atoms with van der Waals surface area (Å²) in [7, 11) is -3.60. The van der Waals surface area contributed by atoms with Crippen molar-refractivity contribution in [1.82, 2.24) is 9.62 Å². The predicted molar refractivity (Wildman–Crippen MR) is 113 cm³/mol. The molecular formula is C22H32N2O5S. The Balaban J connectivity index is 1.61. The van der Waals surface area contributed by atoms with E-state index in [1.165, 1.54) is 28.6 Å². The van der Waals surface area contributed by atoms with Crippen molar-refractivity contribution in [2.24, 2.45) is 11.8 Å². The van der Waals surface area contributed by atoms with Crippen molar-refractivity contribution in [1.29, 1.82) is 0 Å². The molecule has 1 saturated carbocycles. The topological polar surface area (TPSA) is 92.8 Å². The molecule has 1 aliphatic carbocycles. The molecule has 1 aliphatic heterocycles. The molecule has 1 saturated heterocycles. The Bertz CT molecular complexity index is 852. The first-order chi connectivity index (χ1) is 14.2. The van der Waals surface area contributed by atoms with E-state index in [2.05, 4.69) is 19.2 Å². The Morgan fingerprint density at radius 1 is 1.07 bits per heavy atom. The molecule has 3 rings (SSSR count). The first-order valence-electron chi connectivity index (χ1n) is 10.8. The van der Waals surface area contributed by atoms with Crippen LogP contribution in [0.2, 0.25) is 0 Å². The predicted octanol–water partition coefficient (Wildman–Crippen LogP) is 2.96. The number of rotatable bonds is 6. The highest BCUT2D eigenvalue weighted by atomic mass is 32.2. The van der Waals surface area contributed by atoms with Crippen molar-refractivity contribution in [3.63, 3.8) is 0 Å².